The van der Waals surface area contributed by atoms with Crippen LogP contribution in [0, 0.1) is 0 Å². The fraction of sp³-hybridized carbons (Fsp3) is 0.238. The molecule has 1 aromatic carbocycles. The Morgan fingerprint density at radius 2 is 1.59 bits per heavy atom. The van der Waals surface area contributed by atoms with E-state index in [0.29, 0.717) is 11.3 Å². The van der Waals surface area contributed by atoms with Gasteiger partial charge in [-0.25, -0.2) is 9.78 Å². The summed E-state index contributed by atoms with van der Waals surface area (Å²) in [6.45, 7) is 6.06. The number of alkyl halides is 3. The molecule has 3 rings (SSSR count). The number of hydrogen-bond donors (Lipinski definition) is 5. The molecule has 5 N–H and O–H groups in total. The van der Waals surface area contributed by atoms with E-state index >= 15 is 0 Å². The maximum Gasteiger partial charge on any atom is 0.490 e. The Labute approximate surface area is 197 Å². The third-order valence-electron chi connectivity index (χ3n) is 4.22. The van der Waals surface area contributed by atoms with Crippen molar-refractivity contribution in [2.24, 2.45) is 0 Å². The van der Waals surface area contributed by atoms with Crippen LogP contribution in [0.5, 0.6) is 5.75 Å². The number of hydrogen-bond acceptors (Lipinski definition) is 5. The van der Waals surface area contributed by atoms with Crippen molar-refractivity contribution in [3.05, 3.63) is 77.4 Å². The number of aromatic amines is 3. The molecular formula is C21H20BrF3N4O5. The second-order valence-corrected chi connectivity index (χ2v) is 8.86. The summed E-state index contributed by atoms with van der Waals surface area (Å²) in [5.41, 5.74) is 0.722. The number of carboxylic acid groups (broad SMARTS) is 1. The Morgan fingerprint density at radius 1 is 1.06 bits per heavy atom. The number of nitrogens with one attached hydrogen (secondary N) is 3. The monoisotopic (exact) mass is 544 g/mol. The summed E-state index contributed by atoms with van der Waals surface area (Å²) in [6, 6.07) is 4.82. The fourth-order valence-electron chi connectivity index (χ4n) is 2.64. The Kier molecular flexibility index (Phi) is 7.93. The predicted octanol–water partition coefficient (Wildman–Crippen LogP) is 1.84. The summed E-state index contributed by atoms with van der Waals surface area (Å²) >= 11 is 3.31. The van der Waals surface area contributed by atoms with E-state index in [1.54, 1.807) is 18.5 Å². The highest BCUT2D eigenvalue weighted by Gasteiger charge is 2.38. The molecule has 0 atom stereocenters. The van der Waals surface area contributed by atoms with Crippen LogP contribution in [0.1, 0.15) is 37.7 Å². The van der Waals surface area contributed by atoms with Gasteiger partial charge in [0.25, 0.3) is 11.1 Å². The van der Waals surface area contributed by atoms with Crippen molar-refractivity contribution in [2.45, 2.75) is 32.4 Å². The number of aromatic hydroxyl groups is 1. The van der Waals surface area contributed by atoms with Crippen LogP contribution < -0.4 is 21.8 Å². The maximum atomic E-state index is 12.4. The predicted molar refractivity (Wildman–Crippen MR) is 121 cm³/mol. The highest BCUT2D eigenvalue weighted by molar-refractivity contribution is 9.10. The number of halogens is 4. The Morgan fingerprint density at radius 3 is 2.09 bits per heavy atom. The van der Waals surface area contributed by atoms with Crippen LogP contribution in [0.4, 0.5) is 13.2 Å². The number of aromatic nitrogens is 4. The lowest BCUT2D eigenvalue weighted by molar-refractivity contribution is -0.192. The molecule has 0 saturated carbocycles. The Hall–Kier alpha value is -3.61. The third kappa shape index (κ3) is 6.94. The summed E-state index contributed by atoms with van der Waals surface area (Å²) < 4.78 is 32.5. The van der Waals surface area contributed by atoms with E-state index in [0.717, 1.165) is 10.2 Å². The Bertz CT molecular complexity index is 1430. The molecule has 0 aliphatic heterocycles. The zero-order valence-corrected chi connectivity index (χ0v) is 19.6. The minimum absolute atomic E-state index is 0.000398. The first-order chi connectivity index (χ1) is 15.6. The molecule has 13 heteroatoms. The van der Waals surface area contributed by atoms with Gasteiger partial charge in [-0.05, 0) is 30.4 Å². The zero-order chi connectivity index (χ0) is 25.8. The van der Waals surface area contributed by atoms with Crippen molar-refractivity contribution in [3.63, 3.8) is 0 Å². The summed E-state index contributed by atoms with van der Waals surface area (Å²) in [7, 11) is 0. The average molecular weight is 545 g/mol. The van der Waals surface area contributed by atoms with Crippen molar-refractivity contribution in [3.8, 4) is 5.75 Å². The topological polar surface area (TPSA) is 152 Å². The zero-order valence-electron chi connectivity index (χ0n) is 18.0. The molecule has 0 bridgehead atoms. The highest BCUT2D eigenvalue weighted by atomic mass is 79.9. The van der Waals surface area contributed by atoms with Crippen molar-refractivity contribution in [1.82, 2.24) is 19.9 Å². The first-order valence-corrected chi connectivity index (χ1v) is 10.3. The van der Waals surface area contributed by atoms with Crippen molar-refractivity contribution >= 4 is 34.1 Å². The number of imidazole rings is 1. The molecule has 0 spiro atoms. The van der Waals surface area contributed by atoms with E-state index in [9.17, 15) is 27.9 Å². The molecule has 0 unspecified atom stereocenters. The van der Waals surface area contributed by atoms with Gasteiger partial charge in [0.15, 0.2) is 0 Å². The van der Waals surface area contributed by atoms with E-state index < -0.39 is 23.3 Å². The molecular weight excluding hydrogens is 525 g/mol. The van der Waals surface area contributed by atoms with Crippen LogP contribution in [0.25, 0.3) is 12.2 Å². The van der Waals surface area contributed by atoms with Gasteiger partial charge in [-0.2, -0.15) is 13.2 Å². The van der Waals surface area contributed by atoms with Gasteiger partial charge in [-0.15, -0.1) is 0 Å². The average Bonchev–Trinajstić information content (AvgIpc) is 3.17. The molecule has 0 amide bonds. The van der Waals surface area contributed by atoms with Gasteiger partial charge in [0, 0.05) is 21.1 Å². The first-order valence-electron chi connectivity index (χ1n) is 9.48. The van der Waals surface area contributed by atoms with Crippen LogP contribution in [0.3, 0.4) is 0 Å². The molecule has 0 aliphatic carbocycles. The van der Waals surface area contributed by atoms with Gasteiger partial charge >= 0.3 is 12.1 Å². The van der Waals surface area contributed by atoms with Gasteiger partial charge in [-0.1, -0.05) is 36.7 Å². The molecule has 0 fully saturated rings. The van der Waals surface area contributed by atoms with Gasteiger partial charge in [-0.3, -0.25) is 9.59 Å². The number of rotatable bonds is 2. The summed E-state index contributed by atoms with van der Waals surface area (Å²) in [5, 5.41) is 17.2. The number of nitrogens with zero attached hydrogens (tertiary/aromatic N) is 1. The van der Waals surface area contributed by atoms with Gasteiger partial charge < -0.3 is 25.2 Å². The van der Waals surface area contributed by atoms with Crippen LogP contribution in [0.15, 0.2) is 38.6 Å². The normalized spacial score (nSPS) is 12.9. The maximum absolute atomic E-state index is 12.4. The number of phenols is 1. The smallest absolute Gasteiger partial charge is 0.490 e. The summed E-state index contributed by atoms with van der Waals surface area (Å²) in [5.74, 6) is -2.76. The number of carbonyl (C=O) groups is 1. The quantitative estimate of drug-likeness (QED) is 0.332. The molecule has 2 aromatic heterocycles. The molecule has 9 nitrogen and oxygen atoms in total. The Balaban J connectivity index is 0.000000509. The molecule has 0 radical (unpaired) electrons. The minimum Gasteiger partial charge on any atom is -0.507 e. The first kappa shape index (κ1) is 26.6. The molecule has 2 heterocycles. The van der Waals surface area contributed by atoms with Gasteiger partial charge in [0.1, 0.15) is 16.4 Å². The number of phenolic OH excluding ortho intramolecular Hbond substituents is 1. The SMILES string of the molecule is CC(C)(C)c1[nH]cnc1/C=c1\[nH]c(=O)/c(=C/c2cc(Br)ccc2O)[nH]c1=O.O=C(O)C(F)(F)F. The number of carboxylic acids is 1. The van der Waals surface area contributed by atoms with Gasteiger partial charge in [0.05, 0.1) is 12.0 Å². The fourth-order valence-corrected chi connectivity index (χ4v) is 3.02. The summed E-state index contributed by atoms with van der Waals surface area (Å²) in [4.78, 5) is 46.2. The van der Waals surface area contributed by atoms with Gasteiger partial charge in [0.2, 0.25) is 0 Å². The summed E-state index contributed by atoms with van der Waals surface area (Å²) in [6.07, 6.45) is -0.576. The van der Waals surface area contributed by atoms with Crippen LogP contribution in [-0.2, 0) is 10.2 Å². The van der Waals surface area contributed by atoms with E-state index in [-0.39, 0.29) is 21.9 Å². The largest absolute Gasteiger partial charge is 0.507 e. The molecule has 0 saturated heterocycles. The van der Waals surface area contributed by atoms with Crippen LogP contribution in [0.2, 0.25) is 0 Å². The minimum atomic E-state index is -5.08. The third-order valence-corrected chi connectivity index (χ3v) is 4.71. The lowest BCUT2D eigenvalue weighted by Gasteiger charge is -2.16. The van der Waals surface area contributed by atoms with E-state index in [1.807, 2.05) is 20.8 Å². The highest BCUT2D eigenvalue weighted by Crippen LogP contribution is 2.23. The van der Waals surface area contributed by atoms with Crippen molar-refractivity contribution in [2.75, 3.05) is 0 Å². The standard InChI is InChI=1S/C19H19BrN4O3.C2HF3O2/c1-19(2,3)16-12(21-9-22-16)8-14-18(27)23-13(17(26)24-14)7-10-6-11(20)4-5-15(10)25;3-2(4,5)1(6)7/h4-9,25H,1-3H3,(H,21,22)(H,23,27)(H,24,26);(H,6,7)/b13-7-,14-8-;. The second kappa shape index (κ2) is 10.1. The molecule has 182 valence electrons. The lowest BCUT2D eigenvalue weighted by Crippen LogP contribution is -2.46. The number of aliphatic carboxylic acids is 1. The van der Waals surface area contributed by atoms with Crippen LogP contribution in [-0.4, -0.2) is 42.3 Å². The van der Waals surface area contributed by atoms with Crippen molar-refractivity contribution < 1.29 is 28.2 Å². The van der Waals surface area contributed by atoms with E-state index in [2.05, 4.69) is 35.9 Å². The lowest BCUT2D eigenvalue weighted by atomic mass is 9.90. The van der Waals surface area contributed by atoms with Crippen LogP contribution >= 0.6 is 15.9 Å². The van der Waals surface area contributed by atoms with E-state index in [4.69, 9.17) is 9.90 Å². The molecule has 3 aromatic rings. The van der Waals surface area contributed by atoms with Crippen molar-refractivity contribution in [1.29, 1.82) is 0 Å². The number of benzene rings is 1. The number of H-pyrrole nitrogens is 3. The second-order valence-electron chi connectivity index (χ2n) is 7.94. The van der Waals surface area contributed by atoms with E-state index in [1.165, 1.54) is 18.2 Å². The molecule has 0 aliphatic rings. The molecule has 34 heavy (non-hydrogen) atoms.